The van der Waals surface area contributed by atoms with Crippen molar-refractivity contribution in [2.75, 3.05) is 5.32 Å². The van der Waals surface area contributed by atoms with Crippen molar-refractivity contribution in [3.8, 4) is 0 Å². The van der Waals surface area contributed by atoms with Gasteiger partial charge in [0.2, 0.25) is 0 Å². The summed E-state index contributed by atoms with van der Waals surface area (Å²) < 4.78 is 13.3. The van der Waals surface area contributed by atoms with Crippen LogP contribution in [0, 0.1) is 11.7 Å². The number of anilines is 1. The van der Waals surface area contributed by atoms with Crippen molar-refractivity contribution in [3.05, 3.63) is 70.0 Å². The van der Waals surface area contributed by atoms with Crippen LogP contribution in [0.4, 0.5) is 10.1 Å². The summed E-state index contributed by atoms with van der Waals surface area (Å²) >= 11 is 13.7. The lowest BCUT2D eigenvalue weighted by Gasteiger charge is -2.40. The molecule has 3 atom stereocenters. The molecular weight excluding hydrogens is 432 g/mol. The van der Waals surface area contributed by atoms with E-state index in [1.165, 1.54) is 18.2 Å². The third kappa shape index (κ3) is 4.97. The summed E-state index contributed by atoms with van der Waals surface area (Å²) in [6, 6.07) is 9.08. The first kappa shape index (κ1) is 22.2. The van der Waals surface area contributed by atoms with Gasteiger partial charge in [-0.15, -0.1) is 11.8 Å². The zero-order chi connectivity index (χ0) is 21.3. The number of carbonyl (C=O) groups is 1. The molecule has 7 heteroatoms. The number of nitrogens with one attached hydrogen (secondary N) is 1. The zero-order valence-corrected chi connectivity index (χ0v) is 18.5. The normalized spacial score (nSPS) is 24.4. The van der Waals surface area contributed by atoms with Crippen molar-refractivity contribution >= 4 is 46.6 Å². The molecule has 0 radical (unpaired) electrons. The summed E-state index contributed by atoms with van der Waals surface area (Å²) in [6.45, 7) is 7.86. The number of benzene rings is 2. The molecule has 2 aromatic rings. The monoisotopic (exact) mass is 453 g/mol. The minimum atomic E-state index is -0.862. The van der Waals surface area contributed by atoms with Crippen molar-refractivity contribution in [1.82, 2.24) is 0 Å². The number of rotatable bonds is 4. The summed E-state index contributed by atoms with van der Waals surface area (Å²) in [4.78, 5) is 13.4. The van der Waals surface area contributed by atoms with Crippen LogP contribution in [-0.4, -0.2) is 21.9 Å². The molecule has 1 saturated carbocycles. The Balaban J connectivity index is 1.75. The molecule has 1 aliphatic carbocycles. The van der Waals surface area contributed by atoms with Crippen molar-refractivity contribution in [1.29, 1.82) is 0 Å². The van der Waals surface area contributed by atoms with Crippen molar-refractivity contribution in [3.63, 3.8) is 0 Å². The molecule has 0 bridgehead atoms. The van der Waals surface area contributed by atoms with Crippen LogP contribution >= 0.6 is 35.0 Å². The van der Waals surface area contributed by atoms with Crippen LogP contribution in [0.3, 0.4) is 0 Å². The van der Waals surface area contributed by atoms with Crippen LogP contribution in [0.1, 0.15) is 37.0 Å². The Morgan fingerprint density at radius 1 is 1.28 bits per heavy atom. The minimum Gasteiger partial charge on any atom is -0.386 e. The van der Waals surface area contributed by atoms with Crippen molar-refractivity contribution in [2.45, 2.75) is 42.4 Å². The van der Waals surface area contributed by atoms with Crippen LogP contribution in [-0.2, 0) is 0 Å². The Morgan fingerprint density at radius 3 is 2.66 bits per heavy atom. The number of hydrogen-bond donors (Lipinski definition) is 2. The van der Waals surface area contributed by atoms with E-state index in [1.54, 1.807) is 36.9 Å². The van der Waals surface area contributed by atoms with E-state index in [2.05, 4.69) is 11.9 Å². The SMILES string of the molecule is C=C1C[C@H](Sc2cc(C(=O)Nc3ccc(F)c(Cl)c3)ccc2Cl)CC(C)[C@@]1(C)O. The first-order valence-corrected chi connectivity index (χ1v) is 10.8. The molecule has 3 rings (SSSR count). The highest BCUT2D eigenvalue weighted by Crippen LogP contribution is 2.44. The molecule has 0 aromatic heterocycles. The quantitative estimate of drug-likeness (QED) is 0.513. The maximum absolute atomic E-state index is 13.3. The van der Waals surface area contributed by atoms with E-state index in [1.807, 2.05) is 6.92 Å². The van der Waals surface area contributed by atoms with Gasteiger partial charge in [-0.05, 0) is 67.7 Å². The van der Waals surface area contributed by atoms with Crippen LogP contribution in [0.25, 0.3) is 0 Å². The average Bonchev–Trinajstić information content (AvgIpc) is 2.65. The Hall–Kier alpha value is -1.53. The number of carbonyl (C=O) groups excluding carboxylic acids is 1. The molecule has 1 unspecified atom stereocenters. The van der Waals surface area contributed by atoms with E-state index >= 15 is 0 Å². The Morgan fingerprint density at radius 2 is 2.00 bits per heavy atom. The van der Waals surface area contributed by atoms with Crippen molar-refractivity contribution in [2.24, 2.45) is 5.92 Å². The molecule has 0 heterocycles. The fourth-order valence-electron chi connectivity index (χ4n) is 3.32. The van der Waals surface area contributed by atoms with E-state index in [9.17, 15) is 14.3 Å². The first-order valence-electron chi connectivity index (χ1n) is 9.21. The topological polar surface area (TPSA) is 49.3 Å². The highest BCUT2D eigenvalue weighted by atomic mass is 35.5. The standard InChI is InChI=1S/C22H22Cl2FNO2S/c1-12-8-16(9-13(2)22(12,3)28)29-20-10-14(4-6-17(20)23)21(27)26-15-5-7-19(25)18(24)11-15/h4-7,10-11,13,16,28H,1,8-9H2,2-3H3,(H,26,27)/t13?,16-,22-/m0/s1. The Bertz CT molecular complexity index is 964. The van der Waals surface area contributed by atoms with Gasteiger partial charge in [-0.25, -0.2) is 4.39 Å². The second kappa shape index (κ2) is 8.68. The van der Waals surface area contributed by atoms with Gasteiger partial charge in [-0.2, -0.15) is 0 Å². The summed E-state index contributed by atoms with van der Waals surface area (Å²) in [5.41, 5.74) is 0.795. The van der Waals surface area contributed by atoms with E-state index in [0.717, 1.165) is 16.9 Å². The molecule has 2 N–H and O–H groups in total. The number of thioether (sulfide) groups is 1. The molecule has 1 aliphatic rings. The van der Waals surface area contributed by atoms with Crippen molar-refractivity contribution < 1.29 is 14.3 Å². The van der Waals surface area contributed by atoms with E-state index in [-0.39, 0.29) is 22.1 Å². The average molecular weight is 454 g/mol. The second-order valence-electron chi connectivity index (χ2n) is 7.56. The fraction of sp³-hybridized carbons (Fsp3) is 0.318. The van der Waals surface area contributed by atoms with Gasteiger partial charge in [0.25, 0.3) is 5.91 Å². The Labute approximate surface area is 184 Å². The van der Waals surface area contributed by atoms with Gasteiger partial charge in [0, 0.05) is 21.4 Å². The van der Waals surface area contributed by atoms with E-state index in [4.69, 9.17) is 23.2 Å². The molecule has 1 fully saturated rings. The lowest BCUT2D eigenvalue weighted by molar-refractivity contribution is 0.0237. The molecule has 29 heavy (non-hydrogen) atoms. The summed E-state index contributed by atoms with van der Waals surface area (Å²) in [6.07, 6.45) is 1.50. The van der Waals surface area contributed by atoms with Crippen LogP contribution < -0.4 is 5.32 Å². The largest absolute Gasteiger partial charge is 0.386 e. The van der Waals surface area contributed by atoms with Gasteiger partial charge in [0.15, 0.2) is 0 Å². The lowest BCUT2D eigenvalue weighted by atomic mass is 9.74. The number of halogens is 3. The third-order valence-corrected chi connectivity index (χ3v) is 7.45. The van der Waals surface area contributed by atoms with Crippen LogP contribution in [0.15, 0.2) is 53.4 Å². The predicted octanol–water partition coefficient (Wildman–Crippen LogP) is 6.58. The third-order valence-electron chi connectivity index (χ3n) is 5.43. The summed E-state index contributed by atoms with van der Waals surface area (Å²) in [5, 5.41) is 14.0. The predicted molar refractivity (Wildman–Crippen MR) is 119 cm³/mol. The lowest BCUT2D eigenvalue weighted by Crippen LogP contribution is -2.41. The summed E-state index contributed by atoms with van der Waals surface area (Å²) in [5.74, 6) is -0.803. The maximum atomic E-state index is 13.3. The minimum absolute atomic E-state index is 0.0577. The second-order valence-corrected chi connectivity index (χ2v) is 9.72. The van der Waals surface area contributed by atoms with Gasteiger partial charge in [0.1, 0.15) is 5.82 Å². The zero-order valence-electron chi connectivity index (χ0n) is 16.1. The molecule has 0 spiro atoms. The van der Waals surface area contributed by atoms with Gasteiger partial charge >= 0.3 is 0 Å². The molecule has 0 saturated heterocycles. The molecule has 1 amide bonds. The number of amides is 1. The molecule has 2 aromatic carbocycles. The highest BCUT2D eigenvalue weighted by molar-refractivity contribution is 8.00. The Kier molecular flexibility index (Phi) is 6.64. The maximum Gasteiger partial charge on any atom is 0.255 e. The summed E-state index contributed by atoms with van der Waals surface area (Å²) in [7, 11) is 0. The van der Waals surface area contributed by atoms with E-state index in [0.29, 0.717) is 22.7 Å². The first-order chi connectivity index (χ1) is 13.6. The molecule has 154 valence electrons. The fourth-order valence-corrected chi connectivity index (χ4v) is 5.15. The van der Waals surface area contributed by atoms with Gasteiger partial charge in [0.05, 0.1) is 15.6 Å². The van der Waals surface area contributed by atoms with Gasteiger partial charge < -0.3 is 10.4 Å². The van der Waals surface area contributed by atoms with Gasteiger partial charge in [-0.1, -0.05) is 36.7 Å². The van der Waals surface area contributed by atoms with E-state index < -0.39 is 11.4 Å². The smallest absolute Gasteiger partial charge is 0.255 e. The molecule has 0 aliphatic heterocycles. The highest BCUT2D eigenvalue weighted by Gasteiger charge is 2.38. The molecular formula is C22H22Cl2FNO2S. The number of hydrogen-bond acceptors (Lipinski definition) is 3. The van der Waals surface area contributed by atoms with Crippen LogP contribution in [0.5, 0.6) is 0 Å². The number of aliphatic hydroxyl groups is 1. The van der Waals surface area contributed by atoms with Crippen LogP contribution in [0.2, 0.25) is 10.0 Å². The van der Waals surface area contributed by atoms with Gasteiger partial charge in [-0.3, -0.25) is 4.79 Å². The molecule has 3 nitrogen and oxygen atoms in total.